The number of aromatic hydroxyl groups is 1. The monoisotopic (exact) mass is 538 g/mol. The summed E-state index contributed by atoms with van der Waals surface area (Å²) < 4.78 is 38.5. The van der Waals surface area contributed by atoms with Crippen molar-refractivity contribution in [3.63, 3.8) is 0 Å². The Morgan fingerprint density at radius 2 is 1.82 bits per heavy atom. The maximum Gasteiger partial charge on any atom is 0.255 e. The summed E-state index contributed by atoms with van der Waals surface area (Å²) in [6.07, 6.45) is 1.44. The third kappa shape index (κ3) is 5.98. The smallest absolute Gasteiger partial charge is 0.255 e. The van der Waals surface area contributed by atoms with Gasteiger partial charge in [-0.25, -0.2) is 8.78 Å². The molecule has 0 unspecified atom stereocenters. The number of aromatic nitrogens is 2. The lowest BCUT2D eigenvalue weighted by molar-refractivity contribution is -0.130. The minimum atomic E-state index is -0.758. The van der Waals surface area contributed by atoms with Gasteiger partial charge in [0.1, 0.15) is 29.3 Å². The van der Waals surface area contributed by atoms with Gasteiger partial charge in [-0.15, -0.1) is 0 Å². The first-order valence-electron chi connectivity index (χ1n) is 12.1. The summed E-state index contributed by atoms with van der Waals surface area (Å²) in [5.41, 5.74) is 1.19. The van der Waals surface area contributed by atoms with Crippen LogP contribution in [-0.4, -0.2) is 64.9 Å². The van der Waals surface area contributed by atoms with Crippen molar-refractivity contribution in [3.05, 3.63) is 77.8 Å². The van der Waals surface area contributed by atoms with Crippen LogP contribution in [0, 0.1) is 11.6 Å². The number of carbonyl (C=O) groups excluding carboxylic acids is 2. The summed E-state index contributed by atoms with van der Waals surface area (Å²) in [5.74, 6) is -1.49. The molecule has 3 heterocycles. The zero-order valence-electron chi connectivity index (χ0n) is 20.6. The van der Waals surface area contributed by atoms with Crippen molar-refractivity contribution >= 4 is 23.3 Å². The fourth-order valence-corrected chi connectivity index (χ4v) is 4.19. The Kier molecular flexibility index (Phi) is 7.39. The van der Waals surface area contributed by atoms with Gasteiger partial charge in [0, 0.05) is 43.9 Å². The molecular formula is C26H24F2N6O5. The van der Waals surface area contributed by atoms with Crippen molar-refractivity contribution in [1.82, 2.24) is 20.5 Å². The second kappa shape index (κ2) is 11.2. The van der Waals surface area contributed by atoms with E-state index in [1.165, 1.54) is 12.3 Å². The summed E-state index contributed by atoms with van der Waals surface area (Å²) in [4.78, 5) is 28.2. The molecule has 0 radical (unpaired) electrons. The van der Waals surface area contributed by atoms with Gasteiger partial charge in [0.25, 0.3) is 5.91 Å². The van der Waals surface area contributed by atoms with E-state index in [4.69, 9.17) is 9.05 Å². The number of hydrogen-bond acceptors (Lipinski definition) is 9. The van der Waals surface area contributed by atoms with Crippen LogP contribution in [0.1, 0.15) is 16.1 Å². The van der Waals surface area contributed by atoms with Crippen molar-refractivity contribution in [2.45, 2.75) is 6.54 Å². The number of phenolic OH excluding ortho intramolecular Hbond substituents is 1. The van der Waals surface area contributed by atoms with Gasteiger partial charge in [-0.3, -0.25) is 9.59 Å². The predicted octanol–water partition coefficient (Wildman–Crippen LogP) is 3.00. The largest absolute Gasteiger partial charge is 0.507 e. The lowest BCUT2D eigenvalue weighted by atomic mass is 10.1. The quantitative estimate of drug-likeness (QED) is 0.309. The highest BCUT2D eigenvalue weighted by Crippen LogP contribution is 2.27. The molecule has 1 fully saturated rings. The van der Waals surface area contributed by atoms with E-state index in [1.807, 2.05) is 4.90 Å². The number of piperazine rings is 1. The van der Waals surface area contributed by atoms with Crippen LogP contribution in [-0.2, 0) is 11.3 Å². The molecule has 39 heavy (non-hydrogen) atoms. The number of rotatable bonds is 8. The molecule has 0 spiro atoms. The molecule has 202 valence electrons. The van der Waals surface area contributed by atoms with Crippen LogP contribution >= 0.6 is 0 Å². The molecule has 2 aromatic carbocycles. The Labute approximate surface area is 221 Å². The molecule has 1 saturated heterocycles. The first-order valence-corrected chi connectivity index (χ1v) is 12.1. The molecule has 11 nitrogen and oxygen atoms in total. The van der Waals surface area contributed by atoms with Gasteiger partial charge < -0.3 is 34.6 Å². The molecule has 13 heteroatoms. The van der Waals surface area contributed by atoms with Gasteiger partial charge in [-0.1, -0.05) is 16.4 Å². The normalized spacial score (nSPS) is 13.4. The molecule has 3 N–H and O–H groups in total. The van der Waals surface area contributed by atoms with E-state index >= 15 is 4.39 Å². The summed E-state index contributed by atoms with van der Waals surface area (Å²) >= 11 is 0. The summed E-state index contributed by atoms with van der Waals surface area (Å²) in [6, 6.07) is 11.2. The number of nitrogens with one attached hydrogen (secondary N) is 2. The third-order valence-electron chi connectivity index (χ3n) is 6.26. The van der Waals surface area contributed by atoms with Crippen LogP contribution in [0.15, 0.2) is 63.8 Å². The SMILES string of the molecule is O=C(NCC(=O)N1CCN(c2ccc(-c3cc(CNc4ccon4)on3)cc2F)CC1)c1cc(F)ccc1O. The Bertz CT molecular complexity index is 1470. The predicted molar refractivity (Wildman–Crippen MR) is 135 cm³/mol. The van der Waals surface area contributed by atoms with Crippen molar-refractivity contribution in [2.24, 2.45) is 0 Å². The van der Waals surface area contributed by atoms with Crippen LogP contribution in [0.2, 0.25) is 0 Å². The lowest BCUT2D eigenvalue weighted by Crippen LogP contribution is -2.51. The lowest BCUT2D eigenvalue weighted by Gasteiger charge is -2.36. The highest BCUT2D eigenvalue weighted by molar-refractivity contribution is 5.98. The maximum absolute atomic E-state index is 15.0. The average Bonchev–Trinajstić information content (AvgIpc) is 3.64. The number of halogens is 2. The first kappa shape index (κ1) is 25.7. The van der Waals surface area contributed by atoms with Gasteiger partial charge in [0.05, 0.1) is 24.3 Å². The first-order chi connectivity index (χ1) is 18.9. The molecule has 5 rings (SSSR count). The average molecular weight is 539 g/mol. The Hall–Kier alpha value is -4.94. The maximum atomic E-state index is 15.0. The number of hydrogen-bond donors (Lipinski definition) is 3. The highest BCUT2D eigenvalue weighted by Gasteiger charge is 2.24. The number of anilines is 2. The van der Waals surface area contributed by atoms with Gasteiger partial charge in [-0.2, -0.15) is 0 Å². The Balaban J connectivity index is 1.13. The van der Waals surface area contributed by atoms with E-state index in [0.29, 0.717) is 61.2 Å². The number of carbonyl (C=O) groups is 2. The molecule has 2 amide bonds. The van der Waals surface area contributed by atoms with E-state index in [-0.39, 0.29) is 23.8 Å². The number of phenols is 1. The van der Waals surface area contributed by atoms with Gasteiger partial charge in [-0.05, 0) is 30.3 Å². The summed E-state index contributed by atoms with van der Waals surface area (Å²) in [6.45, 7) is 1.45. The van der Waals surface area contributed by atoms with E-state index < -0.39 is 17.5 Å². The fourth-order valence-electron chi connectivity index (χ4n) is 4.19. The second-order valence-corrected chi connectivity index (χ2v) is 8.79. The third-order valence-corrected chi connectivity index (χ3v) is 6.26. The number of nitrogens with zero attached hydrogens (tertiary/aromatic N) is 4. The molecule has 0 bridgehead atoms. The highest BCUT2D eigenvalue weighted by atomic mass is 19.1. The zero-order chi connectivity index (χ0) is 27.4. The van der Waals surface area contributed by atoms with Crippen LogP contribution in [0.5, 0.6) is 5.75 Å². The summed E-state index contributed by atoms with van der Waals surface area (Å²) in [7, 11) is 0. The van der Waals surface area contributed by atoms with E-state index in [1.54, 1.807) is 29.2 Å². The molecule has 4 aromatic rings. The molecule has 1 aliphatic heterocycles. The Morgan fingerprint density at radius 1 is 1.00 bits per heavy atom. The zero-order valence-corrected chi connectivity index (χ0v) is 20.6. The van der Waals surface area contributed by atoms with Crippen LogP contribution < -0.4 is 15.5 Å². The topological polar surface area (TPSA) is 137 Å². The molecular weight excluding hydrogens is 514 g/mol. The fraction of sp³-hybridized carbons (Fsp3) is 0.231. The molecule has 1 aliphatic rings. The molecule has 2 aromatic heterocycles. The molecule has 0 aliphatic carbocycles. The number of amides is 2. The summed E-state index contributed by atoms with van der Waals surface area (Å²) in [5, 5.41) is 22.9. The van der Waals surface area contributed by atoms with E-state index in [2.05, 4.69) is 20.9 Å². The van der Waals surface area contributed by atoms with Crippen molar-refractivity contribution in [2.75, 3.05) is 42.9 Å². The van der Waals surface area contributed by atoms with Gasteiger partial charge in [0.2, 0.25) is 5.91 Å². The van der Waals surface area contributed by atoms with Crippen molar-refractivity contribution in [1.29, 1.82) is 0 Å². The van der Waals surface area contributed by atoms with E-state index in [9.17, 15) is 19.1 Å². The van der Waals surface area contributed by atoms with Crippen LogP contribution in [0.3, 0.4) is 0 Å². The van der Waals surface area contributed by atoms with Crippen molar-refractivity contribution < 1.29 is 32.5 Å². The second-order valence-electron chi connectivity index (χ2n) is 8.79. The Morgan fingerprint density at radius 3 is 2.56 bits per heavy atom. The molecule has 0 atom stereocenters. The minimum absolute atomic E-state index is 0.253. The van der Waals surface area contributed by atoms with E-state index in [0.717, 1.165) is 18.2 Å². The minimum Gasteiger partial charge on any atom is -0.507 e. The van der Waals surface area contributed by atoms with Crippen LogP contribution in [0.25, 0.3) is 11.3 Å². The van der Waals surface area contributed by atoms with Gasteiger partial charge in [0.15, 0.2) is 11.6 Å². The van der Waals surface area contributed by atoms with Crippen molar-refractivity contribution in [3.8, 4) is 17.0 Å². The standard InChI is InChI=1S/C26H24F2N6O5/c27-17-2-4-23(35)19(12-17)26(37)30-15-25(36)34-8-6-33(7-9-34)22-3-1-16(11-20(22)28)21-13-18(39-31-21)14-29-24-5-10-38-32-24/h1-5,10-13,35H,6-9,14-15H2,(H,29,32)(H,30,37). The van der Waals surface area contributed by atoms with Gasteiger partial charge >= 0.3 is 0 Å². The molecule has 0 saturated carbocycles. The number of benzene rings is 2. The van der Waals surface area contributed by atoms with Crippen LogP contribution in [0.4, 0.5) is 20.3 Å².